The van der Waals surface area contributed by atoms with Crippen LogP contribution in [0.5, 0.6) is 0 Å². The maximum Gasteiger partial charge on any atom is 0.338 e. The Morgan fingerprint density at radius 1 is 1.16 bits per heavy atom. The fourth-order valence-corrected chi connectivity index (χ4v) is 11.4. The van der Waals surface area contributed by atoms with Crippen molar-refractivity contribution in [3.8, 4) is 0 Å². The Kier molecular flexibility index (Phi) is 3.03. The van der Waals surface area contributed by atoms with E-state index in [4.69, 9.17) is 4.74 Å². The SMILES string of the molecule is C=C1[C@H]2C[C@@H]3C4N5C[C@]6(C)C[C@H](OC(=O)c7ccccc7)C[C@@]47[C@@H]6[C@@H]5CC3([C@@H]1O)[C@@]7(O)C2. The van der Waals surface area contributed by atoms with Crippen molar-refractivity contribution >= 4 is 5.97 Å². The first-order valence-corrected chi connectivity index (χ1v) is 12.4. The lowest BCUT2D eigenvalue weighted by Crippen LogP contribution is -2.74. The first-order chi connectivity index (χ1) is 15.3. The molecule has 0 amide bonds. The van der Waals surface area contributed by atoms with Crippen LogP contribution in [0, 0.1) is 34.0 Å². The molecule has 3 unspecified atom stereocenters. The van der Waals surface area contributed by atoms with Gasteiger partial charge >= 0.3 is 5.97 Å². The number of aliphatic hydroxyl groups excluding tert-OH is 1. The number of aliphatic hydroxyl groups is 2. The van der Waals surface area contributed by atoms with Crippen LogP contribution < -0.4 is 0 Å². The van der Waals surface area contributed by atoms with Crippen molar-refractivity contribution in [2.24, 2.45) is 34.0 Å². The fraction of sp³-hybridized carbons (Fsp3) is 0.667. The summed E-state index contributed by atoms with van der Waals surface area (Å²) in [7, 11) is 0. The van der Waals surface area contributed by atoms with Crippen molar-refractivity contribution in [3.05, 3.63) is 48.0 Å². The Morgan fingerprint density at radius 2 is 1.94 bits per heavy atom. The summed E-state index contributed by atoms with van der Waals surface area (Å²) in [5.74, 6) is 0.691. The molecule has 32 heavy (non-hydrogen) atoms. The lowest BCUT2D eigenvalue weighted by atomic mass is 9.38. The number of hydrogen-bond donors (Lipinski definition) is 2. The second-order valence-corrected chi connectivity index (χ2v) is 12.5. The predicted octanol–water partition coefficient (Wildman–Crippen LogP) is 2.77. The van der Waals surface area contributed by atoms with E-state index < -0.39 is 17.1 Å². The molecule has 168 valence electrons. The third-order valence-corrected chi connectivity index (χ3v) is 11.7. The van der Waals surface area contributed by atoms with Crippen LogP contribution in [0.1, 0.15) is 49.4 Å². The van der Waals surface area contributed by atoms with E-state index in [9.17, 15) is 15.0 Å². The molecule has 9 fully saturated rings. The van der Waals surface area contributed by atoms with E-state index in [2.05, 4.69) is 18.4 Å². The Bertz CT molecular complexity index is 1090. The monoisotopic (exact) mass is 433 g/mol. The first kappa shape index (κ1) is 18.7. The van der Waals surface area contributed by atoms with Gasteiger partial charge in [-0.25, -0.2) is 4.79 Å². The van der Waals surface area contributed by atoms with Crippen LogP contribution in [0.4, 0.5) is 0 Å². The molecular formula is C27H31NO4. The molecule has 9 aliphatic rings. The van der Waals surface area contributed by atoms with Crippen LogP contribution in [-0.2, 0) is 4.74 Å². The summed E-state index contributed by atoms with van der Waals surface area (Å²) in [5.41, 5.74) is -0.0590. The normalized spacial score (nSPS) is 59.7. The van der Waals surface area contributed by atoms with E-state index in [1.54, 1.807) is 0 Å². The van der Waals surface area contributed by atoms with Gasteiger partial charge in [-0.1, -0.05) is 31.7 Å². The fourth-order valence-electron chi connectivity index (χ4n) is 11.4. The molecular weight excluding hydrogens is 402 g/mol. The second-order valence-electron chi connectivity index (χ2n) is 12.5. The van der Waals surface area contributed by atoms with E-state index in [1.165, 1.54) is 0 Å². The highest BCUT2D eigenvalue weighted by Gasteiger charge is 2.93. The van der Waals surface area contributed by atoms with Crippen LogP contribution in [0.25, 0.3) is 0 Å². The molecule has 9 bridgehead atoms. The third-order valence-electron chi connectivity index (χ3n) is 11.7. The van der Waals surface area contributed by atoms with Crippen molar-refractivity contribution in [2.75, 3.05) is 6.54 Å². The Balaban J connectivity index is 1.25. The smallest absolute Gasteiger partial charge is 0.338 e. The summed E-state index contributed by atoms with van der Waals surface area (Å²) in [6.45, 7) is 7.67. The van der Waals surface area contributed by atoms with Gasteiger partial charge in [0.15, 0.2) is 0 Å². The average molecular weight is 434 g/mol. The number of nitrogens with zero attached hydrogens (tertiary/aromatic N) is 1. The third kappa shape index (κ3) is 1.59. The largest absolute Gasteiger partial charge is 0.459 e. The van der Waals surface area contributed by atoms with Crippen LogP contribution in [0.2, 0.25) is 0 Å². The number of hydrogen-bond acceptors (Lipinski definition) is 5. The average Bonchev–Trinajstić information content (AvgIpc) is 3.16. The van der Waals surface area contributed by atoms with Crippen molar-refractivity contribution in [1.29, 1.82) is 0 Å². The number of benzene rings is 1. The Hall–Kier alpha value is -1.69. The highest BCUT2D eigenvalue weighted by atomic mass is 16.5. The zero-order valence-corrected chi connectivity index (χ0v) is 18.5. The van der Waals surface area contributed by atoms with Crippen molar-refractivity contribution in [2.45, 2.75) is 68.9 Å². The van der Waals surface area contributed by atoms with E-state index >= 15 is 0 Å². The van der Waals surface area contributed by atoms with E-state index in [0.29, 0.717) is 29.5 Å². The Labute approximate surface area is 188 Å². The number of fused-ring (bicyclic) bond motifs is 1. The van der Waals surface area contributed by atoms with Gasteiger partial charge in [0.25, 0.3) is 0 Å². The number of piperidine rings is 2. The molecule has 2 N–H and O–H groups in total. The summed E-state index contributed by atoms with van der Waals surface area (Å²) >= 11 is 0. The highest BCUT2D eigenvalue weighted by Crippen LogP contribution is 2.88. The first-order valence-electron chi connectivity index (χ1n) is 12.4. The summed E-state index contributed by atoms with van der Waals surface area (Å²) in [6.07, 6.45) is 3.47. The van der Waals surface area contributed by atoms with Gasteiger partial charge in [-0.15, -0.1) is 0 Å². The molecule has 2 spiro atoms. The molecule has 6 saturated carbocycles. The van der Waals surface area contributed by atoms with Crippen LogP contribution in [-0.4, -0.2) is 57.5 Å². The molecule has 3 heterocycles. The minimum atomic E-state index is -0.895. The number of rotatable bonds is 2. The standard InChI is InChI=1S/C27H31NO4/c1-14-16-8-18-21-26-11-17(32-23(30)15-6-4-3-5-7-15)10-24(2)13-28(21)19(20(24)26)12-25(18,22(14)29)27(26,31)9-16/h3-7,16-22,29,31H,1,8-13H2,2H3/t16-,17-,18+,19-,20+,21?,22+,24-,25?,26+,27-/m0/s1. The van der Waals surface area contributed by atoms with Gasteiger partial charge in [-0.2, -0.15) is 0 Å². The summed E-state index contributed by atoms with van der Waals surface area (Å²) in [4.78, 5) is 15.7. The maximum absolute atomic E-state index is 13.0. The molecule has 5 heteroatoms. The van der Waals surface area contributed by atoms with Crippen molar-refractivity contribution in [3.63, 3.8) is 0 Å². The molecule has 5 nitrogen and oxygen atoms in total. The number of carbonyl (C=O) groups is 1. The molecule has 6 aliphatic carbocycles. The zero-order valence-electron chi connectivity index (χ0n) is 18.5. The number of carbonyl (C=O) groups excluding carboxylic acids is 1. The van der Waals surface area contributed by atoms with Crippen molar-refractivity contribution in [1.82, 2.24) is 4.90 Å². The molecule has 10 rings (SSSR count). The lowest BCUT2D eigenvalue weighted by Gasteiger charge is -2.69. The van der Waals surface area contributed by atoms with Gasteiger partial charge in [-0.05, 0) is 73.0 Å². The zero-order chi connectivity index (χ0) is 21.8. The molecule has 3 aliphatic heterocycles. The summed E-state index contributed by atoms with van der Waals surface area (Å²) < 4.78 is 6.17. The van der Waals surface area contributed by atoms with Crippen LogP contribution in [0.15, 0.2) is 42.5 Å². The van der Waals surface area contributed by atoms with Gasteiger partial charge in [0, 0.05) is 29.5 Å². The van der Waals surface area contributed by atoms with Gasteiger partial charge in [0.1, 0.15) is 6.10 Å². The summed E-state index contributed by atoms with van der Waals surface area (Å²) in [5, 5.41) is 24.2. The number of esters is 1. The minimum Gasteiger partial charge on any atom is -0.459 e. The van der Waals surface area contributed by atoms with Gasteiger partial charge in [0.2, 0.25) is 0 Å². The second kappa shape index (κ2) is 5.18. The molecule has 0 radical (unpaired) electrons. The quantitative estimate of drug-likeness (QED) is 0.555. The predicted molar refractivity (Wildman–Crippen MR) is 117 cm³/mol. The highest BCUT2D eigenvalue weighted by molar-refractivity contribution is 5.89. The van der Waals surface area contributed by atoms with E-state index in [0.717, 1.165) is 44.2 Å². The van der Waals surface area contributed by atoms with Crippen molar-refractivity contribution < 1.29 is 19.7 Å². The summed E-state index contributed by atoms with van der Waals surface area (Å²) in [6, 6.07) is 9.99. The molecule has 0 aromatic heterocycles. The molecule has 3 saturated heterocycles. The molecule has 1 aromatic rings. The van der Waals surface area contributed by atoms with Crippen LogP contribution >= 0.6 is 0 Å². The van der Waals surface area contributed by atoms with Gasteiger partial charge in [-0.3, -0.25) is 4.90 Å². The van der Waals surface area contributed by atoms with Gasteiger partial charge in [0.05, 0.1) is 17.3 Å². The molecule has 12 atom stereocenters. The minimum absolute atomic E-state index is 0.0388. The maximum atomic E-state index is 13.0. The number of ether oxygens (including phenoxy) is 1. The Morgan fingerprint density at radius 3 is 2.72 bits per heavy atom. The van der Waals surface area contributed by atoms with Gasteiger partial charge < -0.3 is 14.9 Å². The topological polar surface area (TPSA) is 70.0 Å². The lowest BCUT2D eigenvalue weighted by molar-refractivity contribution is -0.276. The van der Waals surface area contributed by atoms with E-state index in [-0.39, 0.29) is 28.8 Å². The van der Waals surface area contributed by atoms with E-state index in [1.807, 2.05) is 30.3 Å². The van der Waals surface area contributed by atoms with Crippen LogP contribution in [0.3, 0.4) is 0 Å². The molecule has 1 aromatic carbocycles.